The molecule has 0 saturated carbocycles. The molecule has 1 saturated heterocycles. The van der Waals surface area contributed by atoms with Crippen molar-refractivity contribution >= 4 is 17.6 Å². The molecule has 0 aromatic heterocycles. The van der Waals surface area contributed by atoms with Crippen molar-refractivity contribution in [1.82, 2.24) is 15.1 Å². The summed E-state index contributed by atoms with van der Waals surface area (Å²) in [6.45, 7) is 3.34. The van der Waals surface area contributed by atoms with Gasteiger partial charge in [-0.1, -0.05) is 44.2 Å². The number of hydrogen-bond donors (Lipinski definition) is 3. The van der Waals surface area contributed by atoms with E-state index in [1.165, 1.54) is 4.90 Å². The van der Waals surface area contributed by atoms with Crippen molar-refractivity contribution in [1.29, 1.82) is 10.8 Å². The van der Waals surface area contributed by atoms with Crippen molar-refractivity contribution in [2.45, 2.75) is 45.5 Å². The zero-order valence-corrected chi connectivity index (χ0v) is 20.4. The summed E-state index contributed by atoms with van der Waals surface area (Å²) in [5.41, 5.74) is 0.718. The van der Waals surface area contributed by atoms with Crippen LogP contribution in [0.5, 0.6) is 0 Å². The van der Waals surface area contributed by atoms with Gasteiger partial charge in [0, 0.05) is 38.2 Å². The smallest absolute Gasteiger partial charge is 0.333 e. The number of hydrogen-bond acceptors (Lipinski definition) is 4. The lowest BCUT2D eigenvalue weighted by atomic mass is 10.0. The molecule has 0 spiro atoms. The Morgan fingerprint density at radius 3 is 2.24 bits per heavy atom. The number of nitrogens with one attached hydrogen (secondary N) is 3. The van der Waals surface area contributed by atoms with Gasteiger partial charge in [0.1, 0.15) is 11.7 Å². The Labute approximate surface area is 211 Å². The number of amides is 1. The molecule has 1 atom stereocenters. The normalized spacial score (nSPS) is 14.6. The quantitative estimate of drug-likeness (QED) is 0.207. The molecule has 2 aromatic rings. The van der Waals surface area contributed by atoms with Crippen molar-refractivity contribution in [2.75, 3.05) is 19.6 Å². The summed E-state index contributed by atoms with van der Waals surface area (Å²) in [6, 6.07) is 9.49. The summed E-state index contributed by atoms with van der Waals surface area (Å²) in [6.07, 6.45) is -5.30. The van der Waals surface area contributed by atoms with Gasteiger partial charge < -0.3 is 15.1 Å². The number of halogens is 6. The predicted molar refractivity (Wildman–Crippen MR) is 128 cm³/mol. The molecule has 3 rings (SSSR count). The summed E-state index contributed by atoms with van der Waals surface area (Å²) in [5, 5.41) is 18.2. The molecule has 3 N–H and O–H groups in total. The molecular weight excluding hydrogens is 500 g/mol. The monoisotopic (exact) mass is 529 g/mol. The van der Waals surface area contributed by atoms with Crippen LogP contribution in [0.1, 0.15) is 31.4 Å². The molecule has 2 aromatic carbocycles. The van der Waals surface area contributed by atoms with Gasteiger partial charge in [0.05, 0.1) is 6.54 Å². The molecule has 6 nitrogen and oxygen atoms in total. The van der Waals surface area contributed by atoms with Gasteiger partial charge in [-0.2, -0.15) is 13.2 Å². The highest BCUT2D eigenvalue weighted by atomic mass is 19.4. The molecule has 0 aliphatic carbocycles. The molecule has 202 valence electrons. The van der Waals surface area contributed by atoms with E-state index < -0.39 is 53.8 Å². The zero-order valence-electron chi connectivity index (χ0n) is 20.4. The fourth-order valence-electron chi connectivity index (χ4n) is 3.71. The summed E-state index contributed by atoms with van der Waals surface area (Å²) in [7, 11) is 0. The number of benzene rings is 2. The third-order valence-electron chi connectivity index (χ3n) is 5.57. The molecule has 12 heteroatoms. The minimum Gasteiger partial charge on any atom is -0.333 e. The molecule has 1 unspecified atom stereocenters. The van der Waals surface area contributed by atoms with Crippen molar-refractivity contribution in [3.63, 3.8) is 0 Å². The van der Waals surface area contributed by atoms with E-state index in [-0.39, 0.29) is 38.0 Å². The molecule has 1 amide bonds. The van der Waals surface area contributed by atoms with Crippen LogP contribution in [0, 0.1) is 28.3 Å². The van der Waals surface area contributed by atoms with Crippen LogP contribution < -0.4 is 5.32 Å². The lowest BCUT2D eigenvalue weighted by Crippen LogP contribution is -2.57. The summed E-state index contributed by atoms with van der Waals surface area (Å²) < 4.78 is 79.7. The number of piperazine rings is 1. The lowest BCUT2D eigenvalue weighted by Gasteiger charge is -2.37. The first-order chi connectivity index (χ1) is 17.5. The molecule has 1 aliphatic heterocycles. The number of amidine groups is 2. The van der Waals surface area contributed by atoms with Gasteiger partial charge >= 0.3 is 6.18 Å². The Kier molecular flexibility index (Phi) is 10.7. The van der Waals surface area contributed by atoms with Crippen LogP contribution in [-0.2, 0) is 17.8 Å². The second kappa shape index (κ2) is 13.2. The third kappa shape index (κ3) is 8.31. The van der Waals surface area contributed by atoms with Crippen molar-refractivity contribution in [2.24, 2.45) is 0 Å². The minimum absolute atomic E-state index is 0.140. The van der Waals surface area contributed by atoms with Crippen LogP contribution in [0.25, 0.3) is 0 Å². The van der Waals surface area contributed by atoms with Gasteiger partial charge in [-0.3, -0.25) is 15.6 Å². The van der Waals surface area contributed by atoms with Crippen LogP contribution in [0.2, 0.25) is 0 Å². The minimum atomic E-state index is -4.92. The SMILES string of the molecule is CC.N=C1CN(C(=O)CC(Cc2cc(F)c(F)cc2F)NCc2ccccc2)CCN1C(=N)C(F)(F)F. The Hall–Kier alpha value is -3.41. The summed E-state index contributed by atoms with van der Waals surface area (Å²) in [5.74, 6) is -6.27. The molecular formula is C25H29F6N5O. The largest absolute Gasteiger partial charge is 0.449 e. The van der Waals surface area contributed by atoms with Gasteiger partial charge in [-0.25, -0.2) is 13.2 Å². The average Bonchev–Trinajstić information content (AvgIpc) is 2.86. The molecule has 1 heterocycles. The Bertz CT molecular complexity index is 1090. The third-order valence-corrected chi connectivity index (χ3v) is 5.57. The van der Waals surface area contributed by atoms with Crippen molar-refractivity contribution in [3.8, 4) is 0 Å². The van der Waals surface area contributed by atoms with E-state index in [1.807, 2.05) is 32.0 Å². The van der Waals surface area contributed by atoms with Gasteiger partial charge in [0.25, 0.3) is 0 Å². The molecule has 0 radical (unpaired) electrons. The number of carbonyl (C=O) groups is 1. The molecule has 1 fully saturated rings. The topological polar surface area (TPSA) is 83.3 Å². The van der Waals surface area contributed by atoms with Crippen molar-refractivity contribution < 1.29 is 31.1 Å². The van der Waals surface area contributed by atoms with Crippen LogP contribution in [0.3, 0.4) is 0 Å². The number of alkyl halides is 3. The van der Waals surface area contributed by atoms with Gasteiger partial charge in [0.15, 0.2) is 11.6 Å². The van der Waals surface area contributed by atoms with E-state index in [0.717, 1.165) is 11.6 Å². The molecule has 37 heavy (non-hydrogen) atoms. The van der Waals surface area contributed by atoms with Gasteiger partial charge in [-0.05, 0) is 23.6 Å². The highest BCUT2D eigenvalue weighted by molar-refractivity contribution is 6.02. The zero-order chi connectivity index (χ0) is 27.8. The van der Waals surface area contributed by atoms with Gasteiger partial charge in [-0.15, -0.1) is 0 Å². The van der Waals surface area contributed by atoms with E-state index >= 15 is 0 Å². The highest BCUT2D eigenvalue weighted by Gasteiger charge is 2.41. The van der Waals surface area contributed by atoms with E-state index in [0.29, 0.717) is 11.0 Å². The van der Waals surface area contributed by atoms with Crippen LogP contribution in [0.4, 0.5) is 26.3 Å². The first-order valence-electron chi connectivity index (χ1n) is 11.6. The summed E-state index contributed by atoms with van der Waals surface area (Å²) >= 11 is 0. The van der Waals surface area contributed by atoms with E-state index in [9.17, 15) is 31.1 Å². The van der Waals surface area contributed by atoms with Gasteiger partial charge in [0.2, 0.25) is 11.7 Å². The predicted octanol–water partition coefficient (Wildman–Crippen LogP) is 4.88. The standard InChI is InChI=1S/C23H23F6N5O.C2H6/c24-17-11-19(26)18(25)9-15(17)8-16(32-12-14-4-2-1-3-5-14)10-21(35)33-6-7-34(20(30)13-33)22(31)23(27,28)29;1-2/h1-5,9,11,16,30-32H,6-8,10,12-13H2;1-2H3. The van der Waals surface area contributed by atoms with Crippen LogP contribution >= 0.6 is 0 Å². The average molecular weight is 530 g/mol. The maximum absolute atomic E-state index is 14.2. The maximum atomic E-state index is 14.2. The van der Waals surface area contributed by atoms with E-state index in [2.05, 4.69) is 5.32 Å². The molecule has 0 bridgehead atoms. The fraction of sp³-hybridized carbons (Fsp3) is 0.400. The summed E-state index contributed by atoms with van der Waals surface area (Å²) in [4.78, 5) is 14.6. The number of nitrogens with zero attached hydrogens (tertiary/aromatic N) is 2. The first kappa shape index (κ1) is 29.8. The first-order valence-corrected chi connectivity index (χ1v) is 11.6. The lowest BCUT2D eigenvalue weighted by molar-refractivity contribution is -0.131. The fourth-order valence-corrected chi connectivity index (χ4v) is 3.71. The highest BCUT2D eigenvalue weighted by Crippen LogP contribution is 2.21. The number of carbonyl (C=O) groups excluding carboxylic acids is 1. The Morgan fingerprint density at radius 1 is 1.03 bits per heavy atom. The molecule has 1 aliphatic rings. The Morgan fingerprint density at radius 2 is 1.65 bits per heavy atom. The van der Waals surface area contributed by atoms with Crippen molar-refractivity contribution in [3.05, 3.63) is 71.0 Å². The van der Waals surface area contributed by atoms with Crippen LogP contribution in [-0.4, -0.2) is 59.2 Å². The second-order valence-corrected chi connectivity index (χ2v) is 8.09. The van der Waals surface area contributed by atoms with Crippen LogP contribution in [0.15, 0.2) is 42.5 Å². The maximum Gasteiger partial charge on any atom is 0.449 e. The Balaban J connectivity index is 0.00000235. The number of rotatable bonds is 7. The van der Waals surface area contributed by atoms with E-state index in [4.69, 9.17) is 10.8 Å². The second-order valence-electron chi connectivity index (χ2n) is 8.09. The van der Waals surface area contributed by atoms with E-state index in [1.54, 1.807) is 12.1 Å².